The van der Waals surface area contributed by atoms with Gasteiger partial charge in [0.25, 0.3) is 0 Å². The van der Waals surface area contributed by atoms with E-state index in [1.165, 1.54) is 25.8 Å². The average Bonchev–Trinajstić information content (AvgIpc) is 2.57. The van der Waals surface area contributed by atoms with E-state index in [1.807, 2.05) is 0 Å². The van der Waals surface area contributed by atoms with E-state index >= 15 is 0 Å². The zero-order chi connectivity index (χ0) is 8.39. The van der Waals surface area contributed by atoms with Crippen LogP contribution in [0.25, 0.3) is 0 Å². The first kappa shape index (κ1) is 8.52. The van der Waals surface area contributed by atoms with Gasteiger partial charge in [0.05, 0.1) is 0 Å². The van der Waals surface area contributed by atoms with E-state index in [4.69, 9.17) is 5.73 Å². The molecule has 0 aliphatic heterocycles. The Bertz CT molecular complexity index is 137. The summed E-state index contributed by atoms with van der Waals surface area (Å²) in [7, 11) is 0. The fourth-order valence-corrected chi connectivity index (χ4v) is 2.77. The topological polar surface area (TPSA) is 38.0 Å². The van der Waals surface area contributed by atoms with Crippen LogP contribution in [0.1, 0.15) is 25.7 Å². The summed E-state index contributed by atoms with van der Waals surface area (Å²) in [6.45, 7) is 3.20. The molecule has 12 heavy (non-hydrogen) atoms. The molecule has 0 aromatic carbocycles. The van der Waals surface area contributed by atoms with Crippen molar-refractivity contribution in [2.45, 2.75) is 25.7 Å². The van der Waals surface area contributed by atoms with Gasteiger partial charge in [-0.3, -0.25) is 0 Å². The third-order valence-corrected chi connectivity index (χ3v) is 3.52. The van der Waals surface area contributed by atoms with Crippen LogP contribution in [-0.4, -0.2) is 19.6 Å². The molecule has 2 aliphatic carbocycles. The molecule has 2 rings (SSSR count). The first-order valence-corrected chi connectivity index (χ1v) is 5.34. The summed E-state index contributed by atoms with van der Waals surface area (Å²) >= 11 is 0. The maximum atomic E-state index is 5.41. The van der Waals surface area contributed by atoms with Crippen LogP contribution in [0.5, 0.6) is 0 Å². The summed E-state index contributed by atoms with van der Waals surface area (Å²) in [6, 6.07) is 0. The van der Waals surface area contributed by atoms with Crippen molar-refractivity contribution in [1.82, 2.24) is 5.32 Å². The van der Waals surface area contributed by atoms with Crippen LogP contribution in [-0.2, 0) is 0 Å². The first-order valence-electron chi connectivity index (χ1n) is 5.34. The normalized spacial score (nSPS) is 38.2. The summed E-state index contributed by atoms with van der Waals surface area (Å²) in [6.07, 6.45) is 5.64. The van der Waals surface area contributed by atoms with Gasteiger partial charge in [-0.15, -0.1) is 0 Å². The Morgan fingerprint density at radius 1 is 1.25 bits per heavy atom. The summed E-state index contributed by atoms with van der Waals surface area (Å²) in [5.74, 6) is 3.25. The molecular weight excluding hydrogens is 148 g/mol. The maximum Gasteiger partial charge on any atom is -0.00150 e. The van der Waals surface area contributed by atoms with Crippen LogP contribution in [0, 0.1) is 17.8 Å². The molecule has 0 radical (unpaired) electrons. The average molecular weight is 168 g/mol. The Morgan fingerprint density at radius 3 is 2.67 bits per heavy atom. The number of fused-ring (bicyclic) bond motifs is 1. The third-order valence-electron chi connectivity index (χ3n) is 3.52. The van der Waals surface area contributed by atoms with Gasteiger partial charge >= 0.3 is 0 Å². The van der Waals surface area contributed by atoms with E-state index in [9.17, 15) is 0 Å². The highest BCUT2D eigenvalue weighted by atomic mass is 14.9. The molecule has 0 spiro atoms. The fraction of sp³-hybridized carbons (Fsp3) is 1.00. The monoisotopic (exact) mass is 168 g/mol. The van der Waals surface area contributed by atoms with Gasteiger partial charge in [0.1, 0.15) is 0 Å². The Balaban J connectivity index is 1.52. The van der Waals surface area contributed by atoms with Gasteiger partial charge in [-0.2, -0.15) is 0 Å². The van der Waals surface area contributed by atoms with Gasteiger partial charge in [0.2, 0.25) is 0 Å². The second-order valence-electron chi connectivity index (χ2n) is 4.27. The molecule has 0 bridgehead atoms. The number of hydrogen-bond donors (Lipinski definition) is 2. The van der Waals surface area contributed by atoms with Crippen molar-refractivity contribution in [2.24, 2.45) is 23.5 Å². The molecule has 0 heterocycles. The Hall–Kier alpha value is -0.0800. The third kappa shape index (κ3) is 1.64. The van der Waals surface area contributed by atoms with E-state index < -0.39 is 0 Å². The molecule has 0 amide bonds. The van der Waals surface area contributed by atoms with E-state index in [1.54, 1.807) is 0 Å². The summed E-state index contributed by atoms with van der Waals surface area (Å²) in [5.41, 5.74) is 5.41. The molecule has 2 heteroatoms. The molecule has 2 unspecified atom stereocenters. The lowest BCUT2D eigenvalue weighted by Crippen LogP contribution is -2.21. The highest BCUT2D eigenvalue weighted by Gasteiger charge is 2.51. The Kier molecular flexibility index (Phi) is 2.66. The molecule has 0 aromatic heterocycles. The molecule has 0 aromatic rings. The van der Waals surface area contributed by atoms with E-state index in [0.717, 1.165) is 37.3 Å². The SMILES string of the molecule is NCCCNCC1C2CCCC21. The minimum atomic E-state index is 0.824. The minimum Gasteiger partial charge on any atom is -0.330 e. The van der Waals surface area contributed by atoms with E-state index in [2.05, 4.69) is 5.32 Å². The van der Waals surface area contributed by atoms with Gasteiger partial charge in [-0.25, -0.2) is 0 Å². The minimum absolute atomic E-state index is 0.824. The van der Waals surface area contributed by atoms with Crippen LogP contribution in [0.3, 0.4) is 0 Å². The number of rotatable bonds is 5. The summed E-state index contributed by atoms with van der Waals surface area (Å²) in [5, 5.41) is 3.50. The molecular formula is C10H20N2. The quantitative estimate of drug-likeness (QED) is 0.600. The van der Waals surface area contributed by atoms with Crippen molar-refractivity contribution in [3.8, 4) is 0 Å². The summed E-state index contributed by atoms with van der Waals surface area (Å²) in [4.78, 5) is 0. The van der Waals surface area contributed by atoms with Crippen LogP contribution in [0.15, 0.2) is 0 Å². The zero-order valence-electron chi connectivity index (χ0n) is 7.76. The van der Waals surface area contributed by atoms with Crippen molar-refractivity contribution in [1.29, 1.82) is 0 Å². The number of nitrogens with one attached hydrogen (secondary N) is 1. The molecule has 2 aliphatic rings. The first-order chi connectivity index (χ1) is 5.93. The van der Waals surface area contributed by atoms with Gasteiger partial charge in [0.15, 0.2) is 0 Å². The molecule has 2 atom stereocenters. The molecule has 2 saturated carbocycles. The standard InChI is InChI=1S/C10H20N2/c11-5-2-6-12-7-10-8-3-1-4-9(8)10/h8-10,12H,1-7,11H2. The Labute approximate surface area is 74.9 Å². The van der Waals surface area contributed by atoms with E-state index in [-0.39, 0.29) is 0 Å². The molecule has 0 saturated heterocycles. The zero-order valence-corrected chi connectivity index (χ0v) is 7.76. The van der Waals surface area contributed by atoms with Gasteiger partial charge in [-0.05, 0) is 56.7 Å². The van der Waals surface area contributed by atoms with Crippen LogP contribution in [0.2, 0.25) is 0 Å². The van der Waals surface area contributed by atoms with Gasteiger partial charge in [0, 0.05) is 0 Å². The number of nitrogens with two attached hydrogens (primary N) is 1. The smallest absolute Gasteiger partial charge is 0.00150 e. The number of hydrogen-bond acceptors (Lipinski definition) is 2. The predicted molar refractivity (Wildman–Crippen MR) is 50.9 cm³/mol. The fourth-order valence-electron chi connectivity index (χ4n) is 2.77. The second-order valence-corrected chi connectivity index (χ2v) is 4.27. The molecule has 70 valence electrons. The highest BCUT2D eigenvalue weighted by molar-refractivity contribution is 5.01. The lowest BCUT2D eigenvalue weighted by molar-refractivity contribution is 0.529. The van der Waals surface area contributed by atoms with E-state index in [0.29, 0.717) is 0 Å². The largest absolute Gasteiger partial charge is 0.330 e. The molecule has 2 fully saturated rings. The van der Waals surface area contributed by atoms with Gasteiger partial charge < -0.3 is 11.1 Å². The van der Waals surface area contributed by atoms with Gasteiger partial charge in [-0.1, -0.05) is 6.42 Å². The molecule has 2 nitrogen and oxygen atoms in total. The lowest BCUT2D eigenvalue weighted by atomic mass is 10.1. The Morgan fingerprint density at radius 2 is 2.00 bits per heavy atom. The van der Waals surface area contributed by atoms with Crippen LogP contribution < -0.4 is 11.1 Å². The summed E-state index contributed by atoms with van der Waals surface area (Å²) < 4.78 is 0. The van der Waals surface area contributed by atoms with Crippen molar-refractivity contribution in [3.63, 3.8) is 0 Å². The molecule has 3 N–H and O–H groups in total. The van der Waals surface area contributed by atoms with Crippen molar-refractivity contribution in [2.75, 3.05) is 19.6 Å². The maximum absolute atomic E-state index is 5.41. The lowest BCUT2D eigenvalue weighted by Gasteiger charge is -2.04. The predicted octanol–water partition coefficient (Wildman–Crippen LogP) is 0.971. The van der Waals surface area contributed by atoms with Crippen LogP contribution in [0.4, 0.5) is 0 Å². The van der Waals surface area contributed by atoms with Crippen LogP contribution >= 0.6 is 0 Å². The van der Waals surface area contributed by atoms with Crippen molar-refractivity contribution >= 4 is 0 Å². The van der Waals surface area contributed by atoms with Crippen molar-refractivity contribution in [3.05, 3.63) is 0 Å². The highest BCUT2D eigenvalue weighted by Crippen LogP contribution is 2.56. The second kappa shape index (κ2) is 3.75. The van der Waals surface area contributed by atoms with Crippen molar-refractivity contribution < 1.29 is 0 Å².